The molecule has 0 unspecified atom stereocenters. The third kappa shape index (κ3) is 5.63. The molecule has 30 heavy (non-hydrogen) atoms. The lowest BCUT2D eigenvalue weighted by molar-refractivity contribution is -0.122. The number of anilines is 1. The molecule has 1 aliphatic heterocycles. The van der Waals surface area contributed by atoms with Crippen molar-refractivity contribution in [2.45, 2.75) is 25.9 Å². The summed E-state index contributed by atoms with van der Waals surface area (Å²) in [5.41, 5.74) is 7.71. The first-order chi connectivity index (χ1) is 14.5. The quantitative estimate of drug-likeness (QED) is 0.545. The maximum absolute atomic E-state index is 11.4. The summed E-state index contributed by atoms with van der Waals surface area (Å²) in [5, 5.41) is 4.16. The highest BCUT2D eigenvalue weighted by Crippen LogP contribution is 2.24. The normalized spacial score (nSPS) is 15.2. The summed E-state index contributed by atoms with van der Waals surface area (Å²) in [4.78, 5) is 24.7. The molecule has 3 N–H and O–H groups in total. The zero-order valence-electron chi connectivity index (χ0n) is 17.5. The van der Waals surface area contributed by atoms with Gasteiger partial charge in [-0.3, -0.25) is 9.79 Å². The van der Waals surface area contributed by atoms with Gasteiger partial charge in [-0.25, -0.2) is 4.98 Å². The molecular formula is C22H29ClN6O. The highest BCUT2D eigenvalue weighted by atomic mass is 35.5. The molecule has 1 aromatic carbocycles. The average molecular weight is 429 g/mol. The number of carbonyl (C=O) groups excluding carboxylic acids is 1. The molecule has 1 aromatic heterocycles. The molecule has 2 aromatic rings. The second-order valence-electron chi connectivity index (χ2n) is 7.53. The standard InChI is InChI=1S/C22H29ClN6O/c1-25-22(28(2)15-16-5-7-19(23)8-6-16)27-14-18-4-3-11-26-21(18)29-12-9-17(10-13-29)20(24)30/h3-8,11,17H,9-10,12-15H2,1-2H3,(H2,24,30)(H,25,27). The maximum Gasteiger partial charge on any atom is 0.220 e. The lowest BCUT2D eigenvalue weighted by Gasteiger charge is -2.32. The number of pyridine rings is 1. The fraction of sp³-hybridized carbons (Fsp3) is 0.409. The smallest absolute Gasteiger partial charge is 0.220 e. The number of nitrogens with two attached hydrogens (primary N) is 1. The Morgan fingerprint density at radius 3 is 2.63 bits per heavy atom. The van der Waals surface area contributed by atoms with Crippen LogP contribution in [0.5, 0.6) is 0 Å². The Labute approximate surface area is 182 Å². The highest BCUT2D eigenvalue weighted by Gasteiger charge is 2.25. The first-order valence-corrected chi connectivity index (χ1v) is 10.5. The number of aromatic nitrogens is 1. The number of primary amides is 1. The Hall–Kier alpha value is -2.80. The number of rotatable bonds is 6. The van der Waals surface area contributed by atoms with Gasteiger partial charge in [-0.05, 0) is 36.6 Å². The van der Waals surface area contributed by atoms with Crippen molar-refractivity contribution in [1.29, 1.82) is 0 Å². The number of benzene rings is 1. The van der Waals surface area contributed by atoms with E-state index in [4.69, 9.17) is 17.3 Å². The molecule has 8 heteroatoms. The van der Waals surface area contributed by atoms with E-state index in [2.05, 4.69) is 31.2 Å². The number of nitrogens with zero attached hydrogens (tertiary/aromatic N) is 4. The van der Waals surface area contributed by atoms with E-state index in [0.29, 0.717) is 6.54 Å². The van der Waals surface area contributed by atoms with Crippen LogP contribution >= 0.6 is 11.6 Å². The van der Waals surface area contributed by atoms with Crippen LogP contribution in [0.1, 0.15) is 24.0 Å². The summed E-state index contributed by atoms with van der Waals surface area (Å²) in [6, 6.07) is 11.8. The second-order valence-corrected chi connectivity index (χ2v) is 7.97. The van der Waals surface area contributed by atoms with E-state index < -0.39 is 0 Å². The van der Waals surface area contributed by atoms with Crippen LogP contribution in [0.4, 0.5) is 5.82 Å². The lowest BCUT2D eigenvalue weighted by Crippen LogP contribution is -2.40. The molecule has 0 spiro atoms. The predicted octanol–water partition coefficient (Wildman–Crippen LogP) is 2.64. The number of halogens is 1. The second kappa shape index (κ2) is 10.3. The molecular weight excluding hydrogens is 400 g/mol. The number of aliphatic imine (C=N–C) groups is 1. The Morgan fingerprint density at radius 2 is 2.00 bits per heavy atom. The summed E-state index contributed by atoms with van der Waals surface area (Å²) in [7, 11) is 3.78. The van der Waals surface area contributed by atoms with E-state index in [1.165, 1.54) is 0 Å². The molecule has 1 aliphatic rings. The first-order valence-electron chi connectivity index (χ1n) is 10.1. The SMILES string of the molecule is CN=C(NCc1cccnc1N1CCC(C(N)=O)CC1)N(C)Cc1ccc(Cl)cc1. The molecule has 0 atom stereocenters. The molecule has 0 saturated carbocycles. The van der Waals surface area contributed by atoms with Gasteiger partial charge in [-0.15, -0.1) is 0 Å². The molecule has 7 nitrogen and oxygen atoms in total. The van der Waals surface area contributed by atoms with E-state index in [-0.39, 0.29) is 11.8 Å². The van der Waals surface area contributed by atoms with Crippen LogP contribution in [0.25, 0.3) is 0 Å². The van der Waals surface area contributed by atoms with Crippen molar-refractivity contribution >= 4 is 29.3 Å². The van der Waals surface area contributed by atoms with Crippen LogP contribution in [0.3, 0.4) is 0 Å². The highest BCUT2D eigenvalue weighted by molar-refractivity contribution is 6.30. The summed E-state index contributed by atoms with van der Waals surface area (Å²) in [6.07, 6.45) is 3.34. The number of nitrogens with one attached hydrogen (secondary N) is 1. The van der Waals surface area contributed by atoms with Gasteiger partial charge in [0.25, 0.3) is 0 Å². The molecule has 2 heterocycles. The Balaban J connectivity index is 1.62. The summed E-state index contributed by atoms with van der Waals surface area (Å²) >= 11 is 5.98. The maximum atomic E-state index is 11.4. The van der Waals surface area contributed by atoms with Crippen molar-refractivity contribution in [3.63, 3.8) is 0 Å². The minimum atomic E-state index is -0.204. The molecule has 1 fully saturated rings. The van der Waals surface area contributed by atoms with E-state index >= 15 is 0 Å². The van der Waals surface area contributed by atoms with Gasteiger partial charge in [-0.2, -0.15) is 0 Å². The van der Waals surface area contributed by atoms with Crippen molar-refractivity contribution in [1.82, 2.24) is 15.2 Å². The topological polar surface area (TPSA) is 86.9 Å². The zero-order chi connectivity index (χ0) is 21.5. The predicted molar refractivity (Wildman–Crippen MR) is 121 cm³/mol. The van der Waals surface area contributed by atoms with Crippen LogP contribution < -0.4 is 16.0 Å². The molecule has 3 rings (SSSR count). The van der Waals surface area contributed by atoms with Crippen molar-refractivity contribution in [3.8, 4) is 0 Å². The van der Waals surface area contributed by atoms with E-state index in [1.807, 2.05) is 37.4 Å². The van der Waals surface area contributed by atoms with Gasteiger partial charge >= 0.3 is 0 Å². The number of hydrogen-bond donors (Lipinski definition) is 2. The van der Waals surface area contributed by atoms with Crippen LogP contribution in [0.2, 0.25) is 5.02 Å². The van der Waals surface area contributed by atoms with Crippen LogP contribution in [0.15, 0.2) is 47.6 Å². The summed E-state index contributed by atoms with van der Waals surface area (Å²) in [6.45, 7) is 2.89. The van der Waals surface area contributed by atoms with Gasteiger partial charge in [0.2, 0.25) is 5.91 Å². The molecule has 0 bridgehead atoms. The molecule has 160 valence electrons. The van der Waals surface area contributed by atoms with E-state index in [0.717, 1.165) is 60.4 Å². The van der Waals surface area contributed by atoms with Crippen LogP contribution in [-0.4, -0.2) is 48.9 Å². The van der Waals surface area contributed by atoms with E-state index in [9.17, 15) is 4.79 Å². The number of amides is 1. The summed E-state index contributed by atoms with van der Waals surface area (Å²) < 4.78 is 0. The fourth-order valence-corrected chi connectivity index (χ4v) is 3.85. The third-order valence-corrected chi connectivity index (χ3v) is 5.66. The number of piperidine rings is 1. The van der Waals surface area contributed by atoms with Gasteiger partial charge in [0, 0.05) is 63.0 Å². The van der Waals surface area contributed by atoms with Gasteiger partial charge in [-0.1, -0.05) is 29.8 Å². The fourth-order valence-electron chi connectivity index (χ4n) is 3.73. The minimum absolute atomic E-state index is 0.0353. The van der Waals surface area contributed by atoms with Gasteiger partial charge < -0.3 is 20.9 Å². The van der Waals surface area contributed by atoms with Crippen LogP contribution in [0, 0.1) is 5.92 Å². The van der Waals surface area contributed by atoms with Gasteiger partial charge in [0.1, 0.15) is 5.82 Å². The van der Waals surface area contributed by atoms with Crippen molar-refractivity contribution in [2.75, 3.05) is 32.1 Å². The summed E-state index contributed by atoms with van der Waals surface area (Å²) in [5.74, 6) is 1.51. The van der Waals surface area contributed by atoms with Crippen molar-refractivity contribution < 1.29 is 4.79 Å². The minimum Gasteiger partial charge on any atom is -0.369 e. The average Bonchev–Trinajstić information content (AvgIpc) is 2.76. The Kier molecular flexibility index (Phi) is 7.52. The number of hydrogen-bond acceptors (Lipinski definition) is 4. The first kappa shape index (κ1) is 21.9. The number of carbonyl (C=O) groups is 1. The zero-order valence-corrected chi connectivity index (χ0v) is 18.3. The molecule has 0 radical (unpaired) electrons. The molecule has 1 amide bonds. The van der Waals surface area contributed by atoms with Crippen molar-refractivity contribution in [2.24, 2.45) is 16.6 Å². The molecule has 1 saturated heterocycles. The van der Waals surface area contributed by atoms with E-state index in [1.54, 1.807) is 13.2 Å². The van der Waals surface area contributed by atoms with Crippen molar-refractivity contribution in [3.05, 3.63) is 58.7 Å². The van der Waals surface area contributed by atoms with Gasteiger partial charge in [0.15, 0.2) is 5.96 Å². The monoisotopic (exact) mass is 428 g/mol. The lowest BCUT2D eigenvalue weighted by atomic mass is 9.96. The third-order valence-electron chi connectivity index (χ3n) is 5.41. The Morgan fingerprint density at radius 1 is 1.30 bits per heavy atom. The van der Waals surface area contributed by atoms with Crippen LogP contribution in [-0.2, 0) is 17.9 Å². The molecule has 0 aliphatic carbocycles. The Bertz CT molecular complexity index is 877. The largest absolute Gasteiger partial charge is 0.369 e. The van der Waals surface area contributed by atoms with Gasteiger partial charge in [0.05, 0.1) is 0 Å². The number of guanidine groups is 1.